The van der Waals surface area contributed by atoms with Crippen molar-refractivity contribution in [1.82, 2.24) is 15.8 Å². The number of furan rings is 1. The largest absolute Gasteiger partial charge is 0.494 e. The van der Waals surface area contributed by atoms with Crippen LogP contribution < -0.4 is 25.6 Å². The number of amides is 1. The third kappa shape index (κ3) is 4.10. The van der Waals surface area contributed by atoms with Gasteiger partial charge in [-0.05, 0) is 31.3 Å². The van der Waals surface area contributed by atoms with E-state index in [9.17, 15) is 4.79 Å². The highest BCUT2D eigenvalue weighted by atomic mass is 32.1. The third-order valence-corrected chi connectivity index (χ3v) is 2.99. The Hall–Kier alpha value is -2.81. The maximum Gasteiger partial charge on any atom is 0.305 e. The van der Waals surface area contributed by atoms with E-state index in [0.717, 1.165) is 0 Å². The normalized spacial score (nSPS) is 9.87. The molecule has 0 aliphatic carbocycles. The summed E-state index contributed by atoms with van der Waals surface area (Å²) < 4.78 is 15.6. The SMILES string of the molecule is COc1ccnc(OC)c1NC(=S)NNC(=O)c1ccc(C)o1. The van der Waals surface area contributed by atoms with Crippen molar-refractivity contribution in [3.05, 3.63) is 35.9 Å². The Morgan fingerprint density at radius 3 is 2.61 bits per heavy atom. The maximum atomic E-state index is 11.8. The Labute approximate surface area is 138 Å². The van der Waals surface area contributed by atoms with E-state index in [1.165, 1.54) is 14.2 Å². The number of carbonyl (C=O) groups excluding carboxylic acids is 1. The second-order valence-electron chi connectivity index (χ2n) is 4.34. The number of nitrogens with zero attached hydrogens (tertiary/aromatic N) is 1. The highest BCUT2D eigenvalue weighted by Crippen LogP contribution is 2.31. The van der Waals surface area contributed by atoms with E-state index in [-0.39, 0.29) is 10.9 Å². The van der Waals surface area contributed by atoms with Crippen LogP contribution in [0, 0.1) is 6.92 Å². The number of hydrazine groups is 1. The number of nitrogens with one attached hydrogen (secondary N) is 3. The summed E-state index contributed by atoms with van der Waals surface area (Å²) in [4.78, 5) is 15.9. The van der Waals surface area contributed by atoms with Crippen molar-refractivity contribution >= 4 is 28.9 Å². The molecule has 0 unspecified atom stereocenters. The predicted molar refractivity (Wildman–Crippen MR) is 87.6 cm³/mol. The molecule has 0 aliphatic heterocycles. The van der Waals surface area contributed by atoms with Gasteiger partial charge in [-0.25, -0.2) is 4.98 Å². The molecule has 0 fully saturated rings. The van der Waals surface area contributed by atoms with Gasteiger partial charge in [-0.3, -0.25) is 15.6 Å². The fourth-order valence-corrected chi connectivity index (χ4v) is 1.90. The molecule has 0 bridgehead atoms. The number of rotatable bonds is 4. The minimum absolute atomic E-state index is 0.131. The van der Waals surface area contributed by atoms with Gasteiger partial charge in [-0.1, -0.05) is 0 Å². The number of hydrogen-bond acceptors (Lipinski definition) is 6. The van der Waals surface area contributed by atoms with E-state index in [1.807, 2.05) is 0 Å². The smallest absolute Gasteiger partial charge is 0.305 e. The van der Waals surface area contributed by atoms with Crippen molar-refractivity contribution in [2.24, 2.45) is 0 Å². The topological polar surface area (TPSA) is 97.6 Å². The molecule has 3 N–H and O–H groups in total. The molecule has 0 atom stereocenters. The molecule has 0 radical (unpaired) electrons. The predicted octanol–water partition coefficient (Wildman–Crippen LogP) is 1.63. The first-order valence-corrected chi connectivity index (χ1v) is 6.96. The summed E-state index contributed by atoms with van der Waals surface area (Å²) in [6.07, 6.45) is 1.54. The van der Waals surface area contributed by atoms with Crippen LogP contribution in [-0.2, 0) is 0 Å². The first-order valence-electron chi connectivity index (χ1n) is 6.56. The van der Waals surface area contributed by atoms with Gasteiger partial charge in [-0.2, -0.15) is 0 Å². The van der Waals surface area contributed by atoms with Crippen LogP contribution in [-0.4, -0.2) is 30.2 Å². The Balaban J connectivity index is 1.99. The van der Waals surface area contributed by atoms with Gasteiger partial charge in [0.1, 0.15) is 17.2 Å². The Morgan fingerprint density at radius 2 is 2.00 bits per heavy atom. The first kappa shape index (κ1) is 16.6. The van der Waals surface area contributed by atoms with E-state index >= 15 is 0 Å². The number of pyridine rings is 1. The molecule has 2 heterocycles. The number of carbonyl (C=O) groups is 1. The molecule has 8 nitrogen and oxygen atoms in total. The number of ether oxygens (including phenoxy) is 2. The molecule has 0 aromatic carbocycles. The Morgan fingerprint density at radius 1 is 1.22 bits per heavy atom. The molecule has 23 heavy (non-hydrogen) atoms. The Kier molecular flexibility index (Phi) is 5.36. The van der Waals surface area contributed by atoms with Crippen LogP contribution in [0.3, 0.4) is 0 Å². The summed E-state index contributed by atoms with van der Waals surface area (Å²) in [6.45, 7) is 1.75. The lowest BCUT2D eigenvalue weighted by molar-refractivity contribution is 0.0915. The quantitative estimate of drug-likeness (QED) is 0.572. The minimum Gasteiger partial charge on any atom is -0.494 e. The molecule has 2 aromatic heterocycles. The average molecular weight is 336 g/mol. The summed E-state index contributed by atoms with van der Waals surface area (Å²) in [5, 5.41) is 2.99. The van der Waals surface area contributed by atoms with Gasteiger partial charge >= 0.3 is 5.91 Å². The summed E-state index contributed by atoms with van der Waals surface area (Å²) in [6, 6.07) is 4.91. The van der Waals surface area contributed by atoms with Crippen molar-refractivity contribution in [3.63, 3.8) is 0 Å². The van der Waals surface area contributed by atoms with Crippen LogP contribution >= 0.6 is 12.2 Å². The Bertz CT molecular complexity index is 694. The highest BCUT2D eigenvalue weighted by molar-refractivity contribution is 7.80. The van der Waals surface area contributed by atoms with E-state index in [0.29, 0.717) is 23.1 Å². The van der Waals surface area contributed by atoms with Gasteiger partial charge in [-0.15, -0.1) is 0 Å². The summed E-state index contributed by atoms with van der Waals surface area (Å²) in [5.74, 6) is 1.16. The zero-order valence-corrected chi connectivity index (χ0v) is 13.6. The zero-order valence-electron chi connectivity index (χ0n) is 12.8. The zero-order chi connectivity index (χ0) is 16.8. The molecular formula is C14H16N4O4S. The molecule has 1 amide bonds. The van der Waals surface area contributed by atoms with Gasteiger partial charge < -0.3 is 19.2 Å². The first-order chi connectivity index (χ1) is 11.0. The number of aryl methyl sites for hydroxylation is 1. The second kappa shape index (κ2) is 7.45. The van der Waals surface area contributed by atoms with Gasteiger partial charge in [0.2, 0.25) is 5.88 Å². The highest BCUT2D eigenvalue weighted by Gasteiger charge is 2.14. The van der Waals surface area contributed by atoms with Gasteiger partial charge in [0.05, 0.1) is 14.2 Å². The van der Waals surface area contributed by atoms with Crippen molar-refractivity contribution in [3.8, 4) is 11.6 Å². The monoisotopic (exact) mass is 336 g/mol. The van der Waals surface area contributed by atoms with Gasteiger partial charge in [0, 0.05) is 12.3 Å². The van der Waals surface area contributed by atoms with Crippen LogP contribution in [0.1, 0.15) is 16.3 Å². The lowest BCUT2D eigenvalue weighted by atomic mass is 10.3. The standard InChI is InChI=1S/C14H16N4O4S/c1-8-4-5-10(22-8)12(19)17-18-14(23)16-11-9(20-2)6-7-15-13(11)21-3/h4-7H,1-3H3,(H,17,19)(H2,16,18,23). The number of methoxy groups -OCH3 is 2. The molecule has 0 saturated heterocycles. The summed E-state index contributed by atoms with van der Waals surface area (Å²) >= 11 is 5.12. The fourth-order valence-electron chi connectivity index (χ4n) is 1.74. The molecule has 9 heteroatoms. The van der Waals surface area contributed by atoms with Crippen molar-refractivity contribution < 1.29 is 18.7 Å². The van der Waals surface area contributed by atoms with E-state index < -0.39 is 5.91 Å². The van der Waals surface area contributed by atoms with Crippen LogP contribution in [0.5, 0.6) is 11.6 Å². The average Bonchev–Trinajstić information content (AvgIpc) is 2.99. The number of anilines is 1. The van der Waals surface area contributed by atoms with Crippen LogP contribution in [0.25, 0.3) is 0 Å². The van der Waals surface area contributed by atoms with E-state index in [1.54, 1.807) is 31.3 Å². The molecular weight excluding hydrogens is 320 g/mol. The van der Waals surface area contributed by atoms with Gasteiger partial charge in [0.25, 0.3) is 0 Å². The maximum absolute atomic E-state index is 11.8. The third-order valence-electron chi connectivity index (χ3n) is 2.78. The lowest BCUT2D eigenvalue weighted by Crippen LogP contribution is -2.43. The van der Waals surface area contributed by atoms with Gasteiger partial charge in [0.15, 0.2) is 10.9 Å². The number of thiocarbonyl (C=S) groups is 1. The molecule has 0 aliphatic rings. The molecule has 122 valence electrons. The lowest BCUT2D eigenvalue weighted by Gasteiger charge is -2.15. The van der Waals surface area contributed by atoms with Crippen molar-refractivity contribution in [2.45, 2.75) is 6.92 Å². The van der Waals surface area contributed by atoms with Crippen molar-refractivity contribution in [2.75, 3.05) is 19.5 Å². The molecule has 2 aromatic rings. The minimum atomic E-state index is -0.452. The molecule has 0 spiro atoms. The number of aromatic nitrogens is 1. The summed E-state index contributed by atoms with van der Waals surface area (Å²) in [7, 11) is 2.99. The van der Waals surface area contributed by atoms with Crippen LogP contribution in [0.4, 0.5) is 5.69 Å². The molecule has 0 saturated carbocycles. The van der Waals surface area contributed by atoms with Crippen molar-refractivity contribution in [1.29, 1.82) is 0 Å². The fraction of sp³-hybridized carbons (Fsp3) is 0.214. The molecule has 2 rings (SSSR count). The second-order valence-corrected chi connectivity index (χ2v) is 4.75. The van der Waals surface area contributed by atoms with Crippen LogP contribution in [0.15, 0.2) is 28.8 Å². The number of hydrogen-bond donors (Lipinski definition) is 3. The van der Waals surface area contributed by atoms with E-state index in [4.69, 9.17) is 26.1 Å². The van der Waals surface area contributed by atoms with Crippen LogP contribution in [0.2, 0.25) is 0 Å². The van der Waals surface area contributed by atoms with E-state index in [2.05, 4.69) is 21.2 Å². The summed E-state index contributed by atoms with van der Waals surface area (Å²) in [5.41, 5.74) is 5.42.